The second-order valence-electron chi connectivity index (χ2n) is 5.35. The van der Waals surface area contributed by atoms with E-state index >= 15 is 0 Å². The zero-order valence-electron chi connectivity index (χ0n) is 11.4. The lowest BCUT2D eigenvalue weighted by molar-refractivity contribution is 0.233. The van der Waals surface area contributed by atoms with Crippen LogP contribution < -0.4 is 10.6 Å². The molecule has 1 fully saturated rings. The van der Waals surface area contributed by atoms with E-state index < -0.39 is 0 Å². The zero-order valence-corrected chi connectivity index (χ0v) is 11.4. The predicted molar refractivity (Wildman–Crippen MR) is 72.1 cm³/mol. The molecule has 1 atom stereocenters. The SMILES string of the molecule is CCCCCCC(C)NC(=O)NC1CCCC1. The minimum atomic E-state index is 0.0277. The van der Waals surface area contributed by atoms with E-state index in [-0.39, 0.29) is 6.03 Å². The Balaban J connectivity index is 2.03. The second-order valence-corrected chi connectivity index (χ2v) is 5.35. The molecule has 0 bridgehead atoms. The Hall–Kier alpha value is -0.730. The summed E-state index contributed by atoms with van der Waals surface area (Å²) >= 11 is 0. The molecule has 0 aromatic heterocycles. The Kier molecular flexibility index (Phi) is 7.06. The molecule has 1 rings (SSSR count). The lowest BCUT2D eigenvalue weighted by atomic mass is 10.1. The smallest absolute Gasteiger partial charge is 0.315 e. The van der Waals surface area contributed by atoms with Gasteiger partial charge in [0.1, 0.15) is 0 Å². The van der Waals surface area contributed by atoms with Gasteiger partial charge in [0, 0.05) is 12.1 Å². The van der Waals surface area contributed by atoms with E-state index in [4.69, 9.17) is 0 Å². The van der Waals surface area contributed by atoms with Gasteiger partial charge in [-0.2, -0.15) is 0 Å². The van der Waals surface area contributed by atoms with Crippen LogP contribution in [0.15, 0.2) is 0 Å². The predicted octanol–water partition coefficient (Wildman–Crippen LogP) is 3.59. The van der Waals surface area contributed by atoms with Gasteiger partial charge in [-0.3, -0.25) is 0 Å². The van der Waals surface area contributed by atoms with E-state index in [2.05, 4.69) is 24.5 Å². The van der Waals surface area contributed by atoms with Crippen LogP contribution in [0.25, 0.3) is 0 Å². The summed E-state index contributed by atoms with van der Waals surface area (Å²) < 4.78 is 0. The molecule has 3 nitrogen and oxygen atoms in total. The highest BCUT2D eigenvalue weighted by Gasteiger charge is 2.17. The molecule has 0 heterocycles. The third-order valence-corrected chi connectivity index (χ3v) is 3.56. The van der Waals surface area contributed by atoms with Gasteiger partial charge in [-0.15, -0.1) is 0 Å². The number of carbonyl (C=O) groups excluding carboxylic acids is 1. The minimum absolute atomic E-state index is 0.0277. The summed E-state index contributed by atoms with van der Waals surface area (Å²) in [6, 6.07) is 0.746. The highest BCUT2D eigenvalue weighted by atomic mass is 16.2. The van der Waals surface area contributed by atoms with Crippen LogP contribution >= 0.6 is 0 Å². The van der Waals surface area contributed by atoms with Crippen LogP contribution in [0, 0.1) is 0 Å². The number of unbranched alkanes of at least 4 members (excludes halogenated alkanes) is 3. The fraction of sp³-hybridized carbons (Fsp3) is 0.929. The first-order chi connectivity index (χ1) is 8.22. The molecule has 2 N–H and O–H groups in total. The van der Waals surface area contributed by atoms with Gasteiger partial charge < -0.3 is 10.6 Å². The minimum Gasteiger partial charge on any atom is -0.336 e. The summed E-state index contributed by atoms with van der Waals surface area (Å²) in [5, 5.41) is 6.09. The molecule has 2 amide bonds. The highest BCUT2D eigenvalue weighted by Crippen LogP contribution is 2.17. The molecule has 0 radical (unpaired) electrons. The molecule has 0 aliphatic heterocycles. The molecule has 1 unspecified atom stereocenters. The van der Waals surface area contributed by atoms with Gasteiger partial charge in [-0.25, -0.2) is 4.79 Å². The lowest BCUT2D eigenvalue weighted by Crippen LogP contribution is -2.44. The standard InChI is InChI=1S/C14H28N2O/c1-3-4-5-6-9-12(2)15-14(17)16-13-10-7-8-11-13/h12-13H,3-11H2,1-2H3,(H2,15,16,17). The maximum atomic E-state index is 11.7. The molecular weight excluding hydrogens is 212 g/mol. The third kappa shape index (κ3) is 6.54. The van der Waals surface area contributed by atoms with Gasteiger partial charge in [0.2, 0.25) is 0 Å². The Bertz CT molecular complexity index is 212. The van der Waals surface area contributed by atoms with Crippen molar-refractivity contribution in [3.8, 4) is 0 Å². The largest absolute Gasteiger partial charge is 0.336 e. The Morgan fingerprint density at radius 2 is 1.94 bits per heavy atom. The molecule has 0 spiro atoms. The van der Waals surface area contributed by atoms with E-state index in [1.54, 1.807) is 0 Å². The topological polar surface area (TPSA) is 41.1 Å². The normalized spacial score (nSPS) is 18.0. The monoisotopic (exact) mass is 240 g/mol. The first-order valence-corrected chi connectivity index (χ1v) is 7.29. The number of nitrogens with one attached hydrogen (secondary N) is 2. The fourth-order valence-corrected chi connectivity index (χ4v) is 2.47. The van der Waals surface area contributed by atoms with Crippen molar-refractivity contribution in [3.63, 3.8) is 0 Å². The first-order valence-electron chi connectivity index (χ1n) is 7.29. The van der Waals surface area contributed by atoms with Crippen LogP contribution in [0.2, 0.25) is 0 Å². The third-order valence-electron chi connectivity index (χ3n) is 3.56. The Labute approximate surface area is 106 Å². The van der Waals surface area contributed by atoms with E-state index in [0.717, 1.165) is 19.3 Å². The van der Waals surface area contributed by atoms with Crippen LogP contribution in [-0.4, -0.2) is 18.1 Å². The molecule has 1 aliphatic carbocycles. The number of urea groups is 1. The van der Waals surface area contributed by atoms with Gasteiger partial charge in [-0.1, -0.05) is 45.4 Å². The van der Waals surface area contributed by atoms with Crippen molar-refractivity contribution >= 4 is 6.03 Å². The van der Waals surface area contributed by atoms with Crippen molar-refractivity contribution in [2.75, 3.05) is 0 Å². The summed E-state index contributed by atoms with van der Waals surface area (Å²) in [6.45, 7) is 4.32. The molecule has 0 aromatic rings. The van der Waals surface area contributed by atoms with Crippen molar-refractivity contribution in [2.45, 2.75) is 83.7 Å². The van der Waals surface area contributed by atoms with E-state index in [0.29, 0.717) is 12.1 Å². The van der Waals surface area contributed by atoms with Crippen LogP contribution in [0.3, 0.4) is 0 Å². The van der Waals surface area contributed by atoms with Crippen LogP contribution in [0.5, 0.6) is 0 Å². The molecule has 1 aliphatic rings. The number of hydrogen-bond donors (Lipinski definition) is 2. The van der Waals surface area contributed by atoms with Gasteiger partial charge in [0.25, 0.3) is 0 Å². The first kappa shape index (κ1) is 14.3. The van der Waals surface area contributed by atoms with E-state index in [1.807, 2.05) is 0 Å². The Morgan fingerprint density at radius 3 is 2.59 bits per heavy atom. The number of amides is 2. The molecular formula is C14H28N2O. The van der Waals surface area contributed by atoms with Crippen LogP contribution in [0.4, 0.5) is 4.79 Å². The van der Waals surface area contributed by atoms with E-state index in [9.17, 15) is 4.79 Å². The number of rotatable bonds is 7. The highest BCUT2D eigenvalue weighted by molar-refractivity contribution is 5.74. The molecule has 0 aromatic carbocycles. The molecule has 100 valence electrons. The van der Waals surface area contributed by atoms with E-state index in [1.165, 1.54) is 38.5 Å². The van der Waals surface area contributed by atoms with Crippen molar-refractivity contribution in [1.29, 1.82) is 0 Å². The summed E-state index contributed by atoms with van der Waals surface area (Å²) in [5.41, 5.74) is 0. The van der Waals surface area contributed by atoms with Gasteiger partial charge in [-0.05, 0) is 26.2 Å². The van der Waals surface area contributed by atoms with Crippen molar-refractivity contribution < 1.29 is 4.79 Å². The van der Waals surface area contributed by atoms with Crippen LogP contribution in [-0.2, 0) is 0 Å². The molecule has 0 saturated heterocycles. The molecule has 3 heteroatoms. The summed E-state index contributed by atoms with van der Waals surface area (Å²) in [7, 11) is 0. The molecule has 17 heavy (non-hydrogen) atoms. The van der Waals surface area contributed by atoms with Crippen molar-refractivity contribution in [3.05, 3.63) is 0 Å². The number of hydrogen-bond acceptors (Lipinski definition) is 1. The van der Waals surface area contributed by atoms with Gasteiger partial charge >= 0.3 is 6.03 Å². The van der Waals surface area contributed by atoms with Gasteiger partial charge in [0.15, 0.2) is 0 Å². The molecule has 1 saturated carbocycles. The van der Waals surface area contributed by atoms with Crippen molar-refractivity contribution in [2.24, 2.45) is 0 Å². The maximum absolute atomic E-state index is 11.7. The lowest BCUT2D eigenvalue weighted by Gasteiger charge is -2.17. The summed E-state index contributed by atoms with van der Waals surface area (Å²) in [4.78, 5) is 11.7. The second kappa shape index (κ2) is 8.37. The number of carbonyl (C=O) groups is 1. The van der Waals surface area contributed by atoms with Crippen LogP contribution in [0.1, 0.15) is 71.6 Å². The quantitative estimate of drug-likeness (QED) is 0.656. The summed E-state index contributed by atoms with van der Waals surface area (Å²) in [5.74, 6) is 0. The fourth-order valence-electron chi connectivity index (χ4n) is 2.47. The average Bonchev–Trinajstić information content (AvgIpc) is 2.77. The van der Waals surface area contributed by atoms with Gasteiger partial charge in [0.05, 0.1) is 0 Å². The zero-order chi connectivity index (χ0) is 12.5. The maximum Gasteiger partial charge on any atom is 0.315 e. The average molecular weight is 240 g/mol. The summed E-state index contributed by atoms with van der Waals surface area (Å²) in [6.07, 6.45) is 11.0. The van der Waals surface area contributed by atoms with Crippen molar-refractivity contribution in [1.82, 2.24) is 10.6 Å². The Morgan fingerprint density at radius 1 is 1.24 bits per heavy atom.